The molecule has 2 aromatic heterocycles. The number of nitrogens with zero attached hydrogens (tertiary/aromatic N) is 3. The number of methoxy groups -OCH3 is 1. The molecular formula is C18H22N4O2S2. The largest absolute Gasteiger partial charge is 0.385 e. The highest BCUT2D eigenvalue weighted by Crippen LogP contribution is 2.27. The zero-order chi connectivity index (χ0) is 18.4. The molecular weight excluding hydrogens is 368 g/mol. The molecule has 0 aliphatic carbocycles. The molecule has 26 heavy (non-hydrogen) atoms. The summed E-state index contributed by atoms with van der Waals surface area (Å²) in [5.74, 6) is 0.679. The molecule has 0 bridgehead atoms. The number of aromatic amines is 1. The van der Waals surface area contributed by atoms with Crippen molar-refractivity contribution in [2.45, 2.75) is 37.2 Å². The predicted molar refractivity (Wildman–Crippen MR) is 106 cm³/mol. The summed E-state index contributed by atoms with van der Waals surface area (Å²) in [4.78, 5) is 16.6. The minimum absolute atomic E-state index is 0.182. The lowest BCUT2D eigenvalue weighted by atomic mass is 10.1. The van der Waals surface area contributed by atoms with Crippen LogP contribution in [0.1, 0.15) is 24.6 Å². The molecule has 0 radical (unpaired) electrons. The van der Waals surface area contributed by atoms with Crippen molar-refractivity contribution in [3.8, 4) is 10.6 Å². The number of hydrogen-bond donors (Lipinski definition) is 1. The van der Waals surface area contributed by atoms with Crippen LogP contribution in [-0.4, -0.2) is 33.5 Å². The van der Waals surface area contributed by atoms with E-state index < -0.39 is 0 Å². The third-order valence-corrected chi connectivity index (χ3v) is 5.91. The van der Waals surface area contributed by atoms with E-state index in [0.29, 0.717) is 24.1 Å². The molecule has 0 unspecified atom stereocenters. The smallest absolute Gasteiger partial charge is 0.343 e. The first-order valence-corrected chi connectivity index (χ1v) is 10.4. The van der Waals surface area contributed by atoms with Gasteiger partial charge < -0.3 is 4.74 Å². The summed E-state index contributed by atoms with van der Waals surface area (Å²) in [6, 6.07) is 8.53. The topological polar surface area (TPSA) is 72.8 Å². The molecule has 0 aliphatic heterocycles. The number of rotatable bonds is 9. The summed E-state index contributed by atoms with van der Waals surface area (Å²) in [6.07, 6.45) is 1.81. The third kappa shape index (κ3) is 4.63. The number of thioether (sulfide) groups is 1. The van der Waals surface area contributed by atoms with Crippen LogP contribution < -0.4 is 5.69 Å². The molecule has 0 fully saturated rings. The predicted octanol–water partition coefficient (Wildman–Crippen LogP) is 3.59. The zero-order valence-electron chi connectivity index (χ0n) is 14.9. The van der Waals surface area contributed by atoms with Gasteiger partial charge in [-0.15, -0.1) is 16.4 Å². The van der Waals surface area contributed by atoms with Crippen LogP contribution in [0.3, 0.4) is 0 Å². The summed E-state index contributed by atoms with van der Waals surface area (Å²) in [5.41, 5.74) is 3.28. The molecule has 0 spiro atoms. The van der Waals surface area contributed by atoms with Crippen molar-refractivity contribution >= 4 is 23.1 Å². The first-order chi connectivity index (χ1) is 12.7. The van der Waals surface area contributed by atoms with Gasteiger partial charge in [-0.1, -0.05) is 43.0 Å². The molecule has 0 saturated heterocycles. The number of hydrogen-bond acceptors (Lipinski definition) is 6. The van der Waals surface area contributed by atoms with Gasteiger partial charge in [0.15, 0.2) is 5.16 Å². The molecule has 3 aromatic rings. The Kier molecular flexibility index (Phi) is 6.65. The number of aryl methyl sites for hydroxylation is 1. The molecule has 0 atom stereocenters. The van der Waals surface area contributed by atoms with E-state index in [4.69, 9.17) is 9.72 Å². The Morgan fingerprint density at radius 1 is 1.31 bits per heavy atom. The molecule has 0 saturated carbocycles. The number of ether oxygens (including phenoxy) is 1. The monoisotopic (exact) mass is 390 g/mol. The average Bonchev–Trinajstić information content (AvgIpc) is 3.28. The molecule has 1 N–H and O–H groups in total. The highest BCUT2D eigenvalue weighted by molar-refractivity contribution is 7.98. The van der Waals surface area contributed by atoms with Crippen LogP contribution >= 0.6 is 23.1 Å². The third-order valence-electron chi connectivity index (χ3n) is 3.96. The minimum Gasteiger partial charge on any atom is -0.385 e. The van der Waals surface area contributed by atoms with Gasteiger partial charge >= 0.3 is 5.69 Å². The Labute approximate surface area is 160 Å². The number of thiazole rings is 1. The fraction of sp³-hybridized carbons (Fsp3) is 0.389. The van der Waals surface area contributed by atoms with Gasteiger partial charge in [0.25, 0.3) is 0 Å². The summed E-state index contributed by atoms with van der Waals surface area (Å²) in [5, 5.41) is 10.4. The van der Waals surface area contributed by atoms with Crippen molar-refractivity contribution in [3.05, 3.63) is 51.4 Å². The van der Waals surface area contributed by atoms with Crippen LogP contribution in [0.5, 0.6) is 0 Å². The van der Waals surface area contributed by atoms with E-state index >= 15 is 0 Å². The molecule has 0 aliphatic rings. The van der Waals surface area contributed by atoms with Crippen LogP contribution in [0.25, 0.3) is 10.6 Å². The molecule has 2 heterocycles. The summed E-state index contributed by atoms with van der Waals surface area (Å²) in [7, 11) is 1.66. The molecule has 0 amide bonds. The quantitative estimate of drug-likeness (QED) is 0.446. The Balaban J connectivity index is 1.64. The fourth-order valence-corrected chi connectivity index (χ4v) is 4.30. The maximum atomic E-state index is 11.9. The highest BCUT2D eigenvalue weighted by atomic mass is 32.2. The van der Waals surface area contributed by atoms with Gasteiger partial charge in [0.2, 0.25) is 0 Å². The second-order valence-corrected chi connectivity index (χ2v) is 7.59. The van der Waals surface area contributed by atoms with Crippen LogP contribution in [0.4, 0.5) is 0 Å². The lowest BCUT2D eigenvalue weighted by Gasteiger charge is -2.04. The van der Waals surface area contributed by atoms with Gasteiger partial charge in [-0.05, 0) is 18.4 Å². The van der Waals surface area contributed by atoms with Crippen LogP contribution in [0.2, 0.25) is 0 Å². The van der Waals surface area contributed by atoms with Gasteiger partial charge in [0.05, 0.1) is 5.69 Å². The number of benzene rings is 1. The molecule has 6 nitrogen and oxygen atoms in total. The zero-order valence-corrected chi connectivity index (χ0v) is 16.5. The number of H-pyrrole nitrogens is 1. The standard InChI is InChI=1S/C18H22N4O2S2/c1-3-13-5-7-14(8-6-13)16-19-15(11-25-16)12-26-18-21-20-17(23)22(18)9-4-10-24-2/h5-8,11H,3-4,9-10,12H2,1-2H3,(H,20,23). The van der Waals surface area contributed by atoms with E-state index in [-0.39, 0.29) is 5.69 Å². The van der Waals surface area contributed by atoms with E-state index in [0.717, 1.165) is 29.1 Å². The van der Waals surface area contributed by atoms with E-state index in [2.05, 4.69) is 46.8 Å². The van der Waals surface area contributed by atoms with Gasteiger partial charge in [0, 0.05) is 37.0 Å². The van der Waals surface area contributed by atoms with Crippen molar-refractivity contribution in [2.24, 2.45) is 0 Å². The molecule has 3 rings (SSSR count). The van der Waals surface area contributed by atoms with E-state index in [9.17, 15) is 4.79 Å². The second kappa shape index (κ2) is 9.16. The van der Waals surface area contributed by atoms with E-state index in [1.54, 1.807) is 23.0 Å². The Hall–Kier alpha value is -1.90. The fourth-order valence-electron chi connectivity index (χ4n) is 2.50. The van der Waals surface area contributed by atoms with Gasteiger partial charge in [-0.25, -0.2) is 14.9 Å². The Bertz CT molecular complexity index is 883. The summed E-state index contributed by atoms with van der Waals surface area (Å²) >= 11 is 3.16. The lowest BCUT2D eigenvalue weighted by molar-refractivity contribution is 0.189. The molecule has 138 valence electrons. The number of nitrogens with one attached hydrogen (secondary N) is 1. The second-order valence-electron chi connectivity index (χ2n) is 5.79. The van der Waals surface area contributed by atoms with Crippen molar-refractivity contribution < 1.29 is 4.74 Å². The highest BCUT2D eigenvalue weighted by Gasteiger charge is 2.11. The normalized spacial score (nSPS) is 11.2. The SMILES string of the molecule is CCc1ccc(-c2nc(CSc3n[nH]c(=O)n3CCCOC)cs2)cc1. The number of aromatic nitrogens is 4. The van der Waals surface area contributed by atoms with Gasteiger partial charge in [-0.3, -0.25) is 4.57 Å². The van der Waals surface area contributed by atoms with Gasteiger partial charge in [0.1, 0.15) is 5.01 Å². The Morgan fingerprint density at radius 2 is 2.12 bits per heavy atom. The molecule has 8 heteroatoms. The van der Waals surface area contributed by atoms with E-state index in [1.165, 1.54) is 17.3 Å². The van der Waals surface area contributed by atoms with Gasteiger partial charge in [-0.2, -0.15) is 0 Å². The van der Waals surface area contributed by atoms with Crippen LogP contribution in [0.15, 0.2) is 39.6 Å². The van der Waals surface area contributed by atoms with E-state index in [1.807, 2.05) is 0 Å². The minimum atomic E-state index is -0.182. The van der Waals surface area contributed by atoms with Crippen LogP contribution in [-0.2, 0) is 23.5 Å². The first-order valence-electron chi connectivity index (χ1n) is 8.52. The summed E-state index contributed by atoms with van der Waals surface area (Å²) < 4.78 is 6.70. The Morgan fingerprint density at radius 3 is 2.85 bits per heavy atom. The maximum Gasteiger partial charge on any atom is 0.343 e. The maximum absolute atomic E-state index is 11.9. The molecule has 1 aromatic carbocycles. The van der Waals surface area contributed by atoms with Crippen molar-refractivity contribution in [2.75, 3.05) is 13.7 Å². The lowest BCUT2D eigenvalue weighted by Crippen LogP contribution is -2.18. The van der Waals surface area contributed by atoms with Crippen molar-refractivity contribution in [1.82, 2.24) is 19.7 Å². The van der Waals surface area contributed by atoms with Crippen molar-refractivity contribution in [3.63, 3.8) is 0 Å². The van der Waals surface area contributed by atoms with Crippen LogP contribution in [0, 0.1) is 0 Å². The van der Waals surface area contributed by atoms with Crippen molar-refractivity contribution in [1.29, 1.82) is 0 Å². The summed E-state index contributed by atoms with van der Waals surface area (Å²) in [6.45, 7) is 3.36. The average molecular weight is 391 g/mol. The first kappa shape index (κ1) is 18.9.